The van der Waals surface area contributed by atoms with Gasteiger partial charge in [-0.2, -0.15) is 0 Å². The number of aliphatic hydroxyl groups excluding tert-OH is 1. The Hall–Kier alpha value is -4.51. The van der Waals surface area contributed by atoms with Crippen LogP contribution in [-0.4, -0.2) is 39.9 Å². The smallest absolute Gasteiger partial charge is 0.229 e. The van der Waals surface area contributed by atoms with Crippen molar-refractivity contribution in [2.75, 3.05) is 19.0 Å². The highest BCUT2D eigenvalue weighted by atomic mass is 32.1. The molecule has 10 heteroatoms. The van der Waals surface area contributed by atoms with Crippen LogP contribution in [0.15, 0.2) is 83.8 Å². The number of aliphatic hydroxyl groups is 1. The fraction of sp³-hybridized carbons (Fsp3) is 0.270. The van der Waals surface area contributed by atoms with E-state index in [-0.39, 0.29) is 36.0 Å². The van der Waals surface area contributed by atoms with Crippen molar-refractivity contribution in [3.8, 4) is 10.4 Å². The highest BCUT2D eigenvalue weighted by molar-refractivity contribution is 7.22. The first-order valence-electron chi connectivity index (χ1n) is 15.4. The van der Waals surface area contributed by atoms with E-state index >= 15 is 0 Å². The molecule has 1 unspecified atom stereocenters. The molecule has 0 saturated carbocycles. The lowest BCUT2D eigenvalue weighted by molar-refractivity contribution is -0.120. The van der Waals surface area contributed by atoms with Crippen LogP contribution >= 0.6 is 11.3 Å². The highest BCUT2D eigenvalue weighted by Crippen LogP contribution is 2.39. The average molecular weight is 658 g/mol. The molecule has 7 nitrogen and oxygen atoms in total. The molecule has 3 aromatic carbocycles. The lowest BCUT2D eigenvalue weighted by atomic mass is 9.99. The van der Waals surface area contributed by atoms with Gasteiger partial charge in [-0.1, -0.05) is 69.3 Å². The molecular weight excluding hydrogens is 620 g/mol. The van der Waals surface area contributed by atoms with Crippen molar-refractivity contribution in [2.45, 2.75) is 40.4 Å². The van der Waals surface area contributed by atoms with Crippen molar-refractivity contribution in [1.82, 2.24) is 9.47 Å². The zero-order chi connectivity index (χ0) is 33.8. The Morgan fingerprint density at radius 2 is 1.57 bits per heavy atom. The molecule has 0 fully saturated rings. The van der Waals surface area contributed by atoms with Crippen molar-refractivity contribution in [3.63, 3.8) is 0 Å². The molecule has 0 bridgehead atoms. The molecule has 2 aromatic heterocycles. The molecule has 0 radical (unpaired) electrons. The van der Waals surface area contributed by atoms with E-state index in [1.54, 1.807) is 37.5 Å². The maximum atomic E-state index is 14.9. The Morgan fingerprint density at radius 1 is 0.915 bits per heavy atom. The lowest BCUT2D eigenvalue weighted by Gasteiger charge is -2.18. The van der Waals surface area contributed by atoms with Gasteiger partial charge in [0.2, 0.25) is 11.3 Å². The SMILES string of the molecule is CC(C)C(=O)c1cn(Cc2c(F)cccc2F)c2sc(-c3ccc(NC(=O)C(C)CO)cc3)c(CN(C)Cc3ccccc3)c2c1=O. The first kappa shape index (κ1) is 33.8. The lowest BCUT2D eigenvalue weighted by Crippen LogP contribution is -2.24. The number of Topliss-reactive ketones (excluding diaryl/α,β-unsaturated/α-hetero) is 1. The molecule has 0 aliphatic carbocycles. The molecule has 5 rings (SSSR count). The van der Waals surface area contributed by atoms with Gasteiger partial charge >= 0.3 is 0 Å². The topological polar surface area (TPSA) is 91.6 Å². The van der Waals surface area contributed by atoms with Crippen LogP contribution in [0.5, 0.6) is 0 Å². The third kappa shape index (κ3) is 7.40. The summed E-state index contributed by atoms with van der Waals surface area (Å²) >= 11 is 1.31. The summed E-state index contributed by atoms with van der Waals surface area (Å²) in [5.74, 6) is -3.16. The van der Waals surface area contributed by atoms with Gasteiger partial charge in [-0.15, -0.1) is 11.3 Å². The first-order chi connectivity index (χ1) is 22.5. The van der Waals surface area contributed by atoms with E-state index in [9.17, 15) is 28.3 Å². The van der Waals surface area contributed by atoms with Crippen molar-refractivity contribution >= 4 is 38.9 Å². The number of anilines is 1. The molecule has 0 aliphatic heterocycles. The fourth-order valence-electron chi connectivity index (χ4n) is 5.41. The van der Waals surface area contributed by atoms with Crippen LogP contribution in [0, 0.1) is 23.5 Å². The monoisotopic (exact) mass is 657 g/mol. The van der Waals surface area contributed by atoms with Crippen LogP contribution in [0.4, 0.5) is 14.5 Å². The van der Waals surface area contributed by atoms with Crippen LogP contribution in [-0.2, 0) is 24.4 Å². The normalized spacial score (nSPS) is 12.2. The molecular formula is C37H37F2N3O4S. The third-order valence-electron chi connectivity index (χ3n) is 8.05. The minimum atomic E-state index is -0.721. The fourth-order valence-corrected chi connectivity index (χ4v) is 6.70. The van der Waals surface area contributed by atoms with E-state index in [4.69, 9.17) is 0 Å². The Morgan fingerprint density at radius 3 is 2.19 bits per heavy atom. The zero-order valence-electron chi connectivity index (χ0n) is 26.7. The number of ketones is 1. The van der Waals surface area contributed by atoms with Gasteiger partial charge in [0.1, 0.15) is 16.5 Å². The van der Waals surface area contributed by atoms with Crippen molar-refractivity contribution in [1.29, 1.82) is 0 Å². The number of rotatable bonds is 12. The molecule has 0 saturated heterocycles. The van der Waals surface area contributed by atoms with Gasteiger partial charge in [0.25, 0.3) is 0 Å². The molecule has 5 aromatic rings. The number of benzene rings is 3. The quantitative estimate of drug-likeness (QED) is 0.140. The number of hydrogen-bond acceptors (Lipinski definition) is 6. The molecule has 244 valence electrons. The molecule has 47 heavy (non-hydrogen) atoms. The van der Waals surface area contributed by atoms with Gasteiger partial charge in [0, 0.05) is 41.3 Å². The molecule has 0 spiro atoms. The first-order valence-corrected chi connectivity index (χ1v) is 16.2. The predicted octanol–water partition coefficient (Wildman–Crippen LogP) is 7.09. The molecule has 0 aliphatic rings. The maximum Gasteiger partial charge on any atom is 0.229 e. The number of amides is 1. The number of aromatic nitrogens is 1. The largest absolute Gasteiger partial charge is 0.396 e. The van der Waals surface area contributed by atoms with E-state index in [2.05, 4.69) is 10.2 Å². The van der Waals surface area contributed by atoms with Gasteiger partial charge in [-0.05, 0) is 48.0 Å². The van der Waals surface area contributed by atoms with Crippen molar-refractivity contribution in [3.05, 3.63) is 123 Å². The minimum Gasteiger partial charge on any atom is -0.396 e. The summed E-state index contributed by atoms with van der Waals surface area (Å²) in [6.07, 6.45) is 1.43. The summed E-state index contributed by atoms with van der Waals surface area (Å²) in [5.41, 5.74) is 2.46. The summed E-state index contributed by atoms with van der Waals surface area (Å²) in [6.45, 7) is 5.48. The Balaban J connectivity index is 1.70. The van der Waals surface area contributed by atoms with Gasteiger partial charge in [0.05, 0.1) is 30.0 Å². The number of halogens is 2. The van der Waals surface area contributed by atoms with Crippen LogP contribution in [0.2, 0.25) is 0 Å². The number of carbonyl (C=O) groups excluding carboxylic acids is 2. The number of thiophene rings is 1. The number of nitrogens with zero attached hydrogens (tertiary/aromatic N) is 2. The summed E-state index contributed by atoms with van der Waals surface area (Å²) in [6, 6.07) is 20.7. The Labute approximate surface area is 276 Å². The van der Waals surface area contributed by atoms with Gasteiger partial charge < -0.3 is 15.0 Å². The van der Waals surface area contributed by atoms with Crippen LogP contribution in [0.3, 0.4) is 0 Å². The molecule has 2 heterocycles. The Bertz CT molecular complexity index is 1950. The minimum absolute atomic E-state index is 0.0309. The summed E-state index contributed by atoms with van der Waals surface area (Å²) in [7, 11) is 1.94. The molecule has 1 amide bonds. The molecule has 2 N–H and O–H groups in total. The number of hydrogen-bond donors (Lipinski definition) is 2. The van der Waals surface area contributed by atoms with E-state index in [0.29, 0.717) is 34.6 Å². The van der Waals surface area contributed by atoms with E-state index < -0.39 is 28.9 Å². The standard InChI is InChI=1S/C37H37F2N3O4S/c1-22(2)33(44)29-20-42(19-27-30(38)11-8-12-31(27)39)37-32(34(29)45)28(18-41(4)17-24-9-6-5-7-10-24)35(47-37)25-13-15-26(16-14-25)40-36(46)23(3)21-43/h5-16,20,22-23,43H,17-19,21H2,1-4H3,(H,40,46). The zero-order valence-corrected chi connectivity index (χ0v) is 27.5. The van der Waals surface area contributed by atoms with Gasteiger partial charge in [-0.25, -0.2) is 8.78 Å². The number of fused-ring (bicyclic) bond motifs is 1. The van der Waals surface area contributed by atoms with Crippen molar-refractivity contribution in [2.24, 2.45) is 11.8 Å². The highest BCUT2D eigenvalue weighted by Gasteiger charge is 2.26. The second kappa shape index (κ2) is 14.5. The van der Waals surface area contributed by atoms with Gasteiger partial charge in [0.15, 0.2) is 5.78 Å². The third-order valence-corrected chi connectivity index (χ3v) is 9.36. The van der Waals surface area contributed by atoms with Crippen molar-refractivity contribution < 1.29 is 23.5 Å². The summed E-state index contributed by atoms with van der Waals surface area (Å²) < 4.78 is 31.4. The number of pyridine rings is 1. The summed E-state index contributed by atoms with van der Waals surface area (Å²) in [5, 5.41) is 12.5. The van der Waals surface area contributed by atoms with Crippen LogP contribution in [0.25, 0.3) is 20.7 Å². The molecule has 1 atom stereocenters. The van der Waals surface area contributed by atoms with E-state index in [1.165, 1.54) is 35.7 Å². The average Bonchev–Trinajstić information content (AvgIpc) is 3.43. The maximum absolute atomic E-state index is 14.9. The number of carbonyl (C=O) groups is 2. The van der Waals surface area contributed by atoms with E-state index in [1.807, 2.05) is 49.5 Å². The van der Waals surface area contributed by atoms with Crippen LogP contribution in [0.1, 0.15) is 47.8 Å². The number of nitrogens with one attached hydrogen (secondary N) is 1. The van der Waals surface area contributed by atoms with Gasteiger partial charge in [-0.3, -0.25) is 19.3 Å². The summed E-state index contributed by atoms with van der Waals surface area (Å²) in [4.78, 5) is 43.3. The second-order valence-electron chi connectivity index (χ2n) is 12.1. The Kier molecular flexibility index (Phi) is 10.4. The van der Waals surface area contributed by atoms with E-state index in [0.717, 1.165) is 16.0 Å². The predicted molar refractivity (Wildman–Crippen MR) is 183 cm³/mol. The second-order valence-corrected chi connectivity index (χ2v) is 13.1. The van der Waals surface area contributed by atoms with Crippen LogP contribution < -0.4 is 10.7 Å².